The fourth-order valence-corrected chi connectivity index (χ4v) is 7.74. The molecule has 14 heteroatoms. The monoisotopic (exact) mass is 753 g/mol. The van der Waals surface area contributed by atoms with E-state index in [0.29, 0.717) is 23.4 Å². The molecule has 0 aliphatic carbocycles. The van der Waals surface area contributed by atoms with E-state index < -0.39 is 9.84 Å². The molecule has 0 fully saturated rings. The summed E-state index contributed by atoms with van der Waals surface area (Å²) >= 11 is 0. The number of aryl methyl sites for hydroxylation is 2. The van der Waals surface area contributed by atoms with Gasteiger partial charge in [-0.2, -0.15) is 0 Å². The van der Waals surface area contributed by atoms with Crippen LogP contribution in [0.15, 0.2) is 90.2 Å². The van der Waals surface area contributed by atoms with Gasteiger partial charge < -0.3 is 24.7 Å². The molecule has 0 radical (unpaired) electrons. The lowest BCUT2D eigenvalue weighted by Gasteiger charge is -2.16. The van der Waals surface area contributed by atoms with Crippen LogP contribution in [-0.4, -0.2) is 73.7 Å². The van der Waals surface area contributed by atoms with Gasteiger partial charge in [-0.25, -0.2) is 37.1 Å². The van der Waals surface area contributed by atoms with Crippen LogP contribution in [0.2, 0.25) is 0 Å². The number of rotatable bonds is 10. The summed E-state index contributed by atoms with van der Waals surface area (Å²) in [6.07, 6.45) is 8.53. The first-order valence-electron chi connectivity index (χ1n) is 17.9. The smallest absolute Gasteiger partial charge is 0.192 e. The molecule has 0 saturated heterocycles. The molecule has 6 heterocycles. The van der Waals surface area contributed by atoms with Gasteiger partial charge in [0.25, 0.3) is 0 Å². The number of fused-ring (bicyclic) bond motifs is 2. The zero-order valence-corrected chi connectivity index (χ0v) is 30.8. The number of aliphatic hydroxyl groups is 2. The largest absolute Gasteiger partial charge is 0.394 e. The zero-order valence-electron chi connectivity index (χ0n) is 30.0. The number of aliphatic hydroxyl groups excluding tert-OH is 2. The average Bonchev–Trinajstić information content (AvgIpc) is 3.95. The quantitative estimate of drug-likeness (QED) is 0.139. The minimum atomic E-state index is -3.47. The first-order chi connectivity index (χ1) is 26.1. The Kier molecular flexibility index (Phi) is 10.7. The third-order valence-corrected chi connectivity index (χ3v) is 10.7. The molecule has 0 saturated carbocycles. The second-order valence-electron chi connectivity index (χ2n) is 13.5. The van der Waals surface area contributed by atoms with Crippen molar-refractivity contribution in [3.8, 4) is 45.0 Å². The normalized spacial score (nSPS) is 16.1. The number of aromatic nitrogens is 6. The number of anilines is 1. The Morgan fingerprint density at radius 3 is 1.67 bits per heavy atom. The van der Waals surface area contributed by atoms with Crippen LogP contribution in [0.4, 0.5) is 14.6 Å². The number of hydrogen-bond donors (Lipinski definition) is 3. The standard InChI is InChI=1S/C21H23FN4O.C19H18FN3O3S/c1-2-10-23-18-12-15(9-11-24-18)21-20(14-3-5-16(22)6-4-14)25-19-8-7-17(13-27)26(19)21;1-27(25,26)17-10-13(8-9-21-17)19-18(12-2-4-14(20)5-3-12)22-16-7-6-15(11-24)23(16)19/h3-6,9,11-12,17,27H,2,7-8,10,13H2,1H3,(H,23,24);2-5,8-10,15,24H,6-7,11H2,1H3/t17-;15-/m00/s1. The maximum Gasteiger partial charge on any atom is 0.192 e. The Balaban J connectivity index is 0.000000167. The van der Waals surface area contributed by atoms with Crippen molar-refractivity contribution in [3.63, 3.8) is 0 Å². The van der Waals surface area contributed by atoms with Crippen molar-refractivity contribution in [3.05, 3.63) is 108 Å². The molecule has 2 atom stereocenters. The van der Waals surface area contributed by atoms with E-state index in [9.17, 15) is 27.4 Å². The Morgan fingerprint density at radius 2 is 1.20 bits per heavy atom. The number of benzene rings is 2. The van der Waals surface area contributed by atoms with Crippen molar-refractivity contribution in [2.24, 2.45) is 0 Å². The Labute approximate surface area is 312 Å². The van der Waals surface area contributed by atoms with Gasteiger partial charge in [0.2, 0.25) is 0 Å². The number of halogens is 2. The van der Waals surface area contributed by atoms with E-state index in [1.54, 1.807) is 36.5 Å². The predicted molar refractivity (Wildman–Crippen MR) is 202 cm³/mol. The average molecular weight is 754 g/mol. The van der Waals surface area contributed by atoms with Crippen LogP contribution >= 0.6 is 0 Å². The van der Waals surface area contributed by atoms with Crippen LogP contribution in [-0.2, 0) is 22.7 Å². The maximum absolute atomic E-state index is 13.4. The van der Waals surface area contributed by atoms with Crippen molar-refractivity contribution in [2.45, 2.75) is 56.1 Å². The van der Waals surface area contributed by atoms with E-state index in [-0.39, 0.29) is 42.0 Å². The molecule has 3 N–H and O–H groups in total. The van der Waals surface area contributed by atoms with Gasteiger partial charge in [-0.15, -0.1) is 0 Å². The second-order valence-corrected chi connectivity index (χ2v) is 15.4. The molecule has 8 rings (SSSR count). The predicted octanol–water partition coefficient (Wildman–Crippen LogP) is 6.69. The van der Waals surface area contributed by atoms with Gasteiger partial charge in [0.15, 0.2) is 14.9 Å². The number of pyridine rings is 2. The summed E-state index contributed by atoms with van der Waals surface area (Å²) in [4.78, 5) is 17.9. The molecular formula is C40H41F2N7O4S. The highest BCUT2D eigenvalue weighted by Crippen LogP contribution is 2.41. The van der Waals surface area contributed by atoms with Gasteiger partial charge in [-0.1, -0.05) is 6.92 Å². The van der Waals surface area contributed by atoms with Gasteiger partial charge in [0, 0.05) is 60.3 Å². The maximum atomic E-state index is 13.4. The van der Waals surface area contributed by atoms with Gasteiger partial charge in [0.1, 0.15) is 29.1 Å². The van der Waals surface area contributed by atoms with E-state index in [4.69, 9.17) is 9.97 Å². The van der Waals surface area contributed by atoms with E-state index in [0.717, 1.165) is 84.0 Å². The number of imidazole rings is 2. The van der Waals surface area contributed by atoms with E-state index in [1.807, 2.05) is 16.7 Å². The SMILES string of the molecule is CCCNc1cc(-c2c(-c3ccc(F)cc3)nc3n2[C@H](CO)CC3)ccn1.CS(=O)(=O)c1cc(-c2c(-c3ccc(F)cc3)nc3n2[C@H](CO)CC3)ccn1. The van der Waals surface area contributed by atoms with Crippen molar-refractivity contribution in [1.82, 2.24) is 29.1 Å². The van der Waals surface area contributed by atoms with E-state index in [1.165, 1.54) is 36.5 Å². The second kappa shape index (κ2) is 15.6. The van der Waals surface area contributed by atoms with Gasteiger partial charge in [-0.3, -0.25) is 0 Å². The Morgan fingerprint density at radius 1 is 0.722 bits per heavy atom. The zero-order chi connectivity index (χ0) is 38.0. The fraction of sp³-hybridized carbons (Fsp3) is 0.300. The van der Waals surface area contributed by atoms with Crippen molar-refractivity contribution < 1.29 is 27.4 Å². The van der Waals surface area contributed by atoms with E-state index >= 15 is 0 Å². The summed E-state index contributed by atoms with van der Waals surface area (Å²) in [6.45, 7) is 3.00. The third-order valence-electron chi connectivity index (χ3n) is 9.74. The van der Waals surface area contributed by atoms with Crippen LogP contribution < -0.4 is 5.32 Å². The Bertz CT molecular complexity index is 2380. The first-order valence-corrected chi connectivity index (χ1v) is 19.8. The van der Waals surface area contributed by atoms with Gasteiger partial charge in [-0.05, 0) is 92.1 Å². The molecule has 2 aliphatic heterocycles. The number of hydrogen-bond acceptors (Lipinski definition) is 9. The van der Waals surface area contributed by atoms with Crippen molar-refractivity contribution in [2.75, 3.05) is 31.3 Å². The molecular weight excluding hydrogens is 713 g/mol. The molecule has 4 aromatic heterocycles. The molecule has 2 aromatic carbocycles. The topological polar surface area (TPSA) is 148 Å². The molecule has 0 unspecified atom stereocenters. The van der Waals surface area contributed by atoms with Gasteiger partial charge in [0.05, 0.1) is 48.1 Å². The molecule has 54 heavy (non-hydrogen) atoms. The van der Waals surface area contributed by atoms with Crippen LogP contribution in [0.25, 0.3) is 45.0 Å². The fourth-order valence-electron chi connectivity index (χ4n) is 7.15. The highest BCUT2D eigenvalue weighted by Gasteiger charge is 2.31. The van der Waals surface area contributed by atoms with Crippen LogP contribution in [0.1, 0.15) is 49.9 Å². The highest BCUT2D eigenvalue weighted by molar-refractivity contribution is 7.90. The molecule has 6 aromatic rings. The summed E-state index contributed by atoms with van der Waals surface area (Å²) in [5, 5.41) is 22.9. The first kappa shape index (κ1) is 37.0. The Hall–Kier alpha value is -5.31. The van der Waals surface area contributed by atoms with Crippen LogP contribution in [0.3, 0.4) is 0 Å². The lowest BCUT2D eigenvalue weighted by atomic mass is 10.0. The summed E-state index contributed by atoms with van der Waals surface area (Å²) in [6, 6.07) is 19.5. The molecule has 0 amide bonds. The molecule has 0 spiro atoms. The number of sulfone groups is 1. The minimum Gasteiger partial charge on any atom is -0.394 e. The number of nitrogens with one attached hydrogen (secondary N) is 1. The van der Waals surface area contributed by atoms with Gasteiger partial charge >= 0.3 is 0 Å². The summed E-state index contributed by atoms with van der Waals surface area (Å²) in [7, 11) is -3.47. The molecule has 11 nitrogen and oxygen atoms in total. The van der Waals surface area contributed by atoms with Crippen molar-refractivity contribution >= 4 is 15.7 Å². The molecule has 2 aliphatic rings. The molecule has 0 bridgehead atoms. The third kappa shape index (κ3) is 7.41. The lowest BCUT2D eigenvalue weighted by molar-refractivity contribution is 0.234. The van der Waals surface area contributed by atoms with Crippen LogP contribution in [0, 0.1) is 11.6 Å². The lowest BCUT2D eigenvalue weighted by Crippen LogP contribution is -2.10. The highest BCUT2D eigenvalue weighted by atomic mass is 32.2. The van der Waals surface area contributed by atoms with E-state index in [2.05, 4.69) is 26.8 Å². The van der Waals surface area contributed by atoms with Crippen molar-refractivity contribution in [1.29, 1.82) is 0 Å². The molecule has 280 valence electrons. The minimum absolute atomic E-state index is 0.0110. The summed E-state index contributed by atoms with van der Waals surface area (Å²) in [5.74, 6) is 1.98. The number of nitrogens with zero attached hydrogens (tertiary/aromatic N) is 6. The van der Waals surface area contributed by atoms with Crippen LogP contribution in [0.5, 0.6) is 0 Å². The summed E-state index contributed by atoms with van der Waals surface area (Å²) < 4.78 is 54.7. The summed E-state index contributed by atoms with van der Waals surface area (Å²) in [5.41, 5.74) is 6.33.